The molecule has 150 valence electrons. The summed E-state index contributed by atoms with van der Waals surface area (Å²) in [6.45, 7) is 1.81. The van der Waals surface area contributed by atoms with E-state index in [1.165, 1.54) is 11.3 Å². The van der Waals surface area contributed by atoms with Gasteiger partial charge in [-0.15, -0.1) is 11.3 Å². The highest BCUT2D eigenvalue weighted by Gasteiger charge is 2.15. The van der Waals surface area contributed by atoms with Crippen molar-refractivity contribution < 1.29 is 9.90 Å². The molecule has 0 spiro atoms. The number of carbonyl (C=O) groups excluding carboxylic acids is 1. The summed E-state index contributed by atoms with van der Waals surface area (Å²) in [6, 6.07) is 20.9. The molecule has 0 bridgehead atoms. The smallest absolute Gasteiger partial charge is 0.230 e. The predicted molar refractivity (Wildman–Crippen MR) is 126 cm³/mol. The predicted octanol–water partition coefficient (Wildman–Crippen LogP) is 5.03. The Bertz CT molecular complexity index is 1200. The standard InChI is InChI=1S/C23H19N3O2S2/c1-14-11-16(24-23(29)26-20(27)12-15-7-3-2-4-8-15)13-17(21(14)28)22-25-18-9-5-6-10-19(18)30-22/h2-11,13,28H,12H2,1H3,(H2,24,26,27,29). The molecular weight excluding hydrogens is 414 g/mol. The number of para-hydroxylation sites is 1. The highest BCUT2D eigenvalue weighted by Crippen LogP contribution is 2.38. The van der Waals surface area contributed by atoms with Crippen molar-refractivity contribution in [2.45, 2.75) is 13.3 Å². The lowest BCUT2D eigenvalue weighted by Crippen LogP contribution is -2.35. The van der Waals surface area contributed by atoms with Crippen LogP contribution < -0.4 is 10.6 Å². The first-order valence-corrected chi connectivity index (χ1v) is 10.6. The molecule has 1 aromatic heterocycles. The molecule has 4 rings (SSSR count). The third kappa shape index (κ3) is 4.48. The van der Waals surface area contributed by atoms with Gasteiger partial charge < -0.3 is 15.7 Å². The number of nitrogens with one attached hydrogen (secondary N) is 2. The Balaban J connectivity index is 1.52. The molecule has 7 heteroatoms. The molecule has 0 saturated heterocycles. The molecule has 0 radical (unpaired) electrons. The Morgan fingerprint density at radius 3 is 2.60 bits per heavy atom. The van der Waals surface area contributed by atoms with Crippen LogP contribution in [0.1, 0.15) is 11.1 Å². The minimum Gasteiger partial charge on any atom is -0.507 e. The molecule has 4 aromatic rings. The number of amides is 1. The normalized spacial score (nSPS) is 10.7. The van der Waals surface area contributed by atoms with Crippen LogP contribution in [0, 0.1) is 6.92 Å². The Morgan fingerprint density at radius 1 is 1.10 bits per heavy atom. The van der Waals surface area contributed by atoms with Gasteiger partial charge in [-0.1, -0.05) is 42.5 Å². The zero-order valence-electron chi connectivity index (χ0n) is 16.2. The molecule has 0 unspecified atom stereocenters. The maximum atomic E-state index is 12.2. The van der Waals surface area contributed by atoms with E-state index in [1.54, 1.807) is 12.1 Å². The van der Waals surface area contributed by atoms with Gasteiger partial charge in [0.25, 0.3) is 0 Å². The van der Waals surface area contributed by atoms with Crippen molar-refractivity contribution in [1.29, 1.82) is 0 Å². The van der Waals surface area contributed by atoms with Crippen molar-refractivity contribution >= 4 is 50.5 Å². The van der Waals surface area contributed by atoms with Crippen molar-refractivity contribution in [1.82, 2.24) is 10.3 Å². The number of thiocarbonyl (C=S) groups is 1. The third-order valence-electron chi connectivity index (χ3n) is 4.54. The largest absolute Gasteiger partial charge is 0.507 e. The minimum atomic E-state index is -0.194. The van der Waals surface area contributed by atoms with E-state index < -0.39 is 0 Å². The number of hydrogen-bond acceptors (Lipinski definition) is 5. The molecule has 0 fully saturated rings. The van der Waals surface area contributed by atoms with E-state index in [2.05, 4.69) is 15.6 Å². The first kappa shape index (κ1) is 20.0. The number of fused-ring (bicyclic) bond motifs is 1. The summed E-state index contributed by atoms with van der Waals surface area (Å²) < 4.78 is 1.05. The molecule has 0 aliphatic rings. The molecule has 30 heavy (non-hydrogen) atoms. The summed E-state index contributed by atoms with van der Waals surface area (Å²) in [5.74, 6) is -0.0146. The van der Waals surface area contributed by atoms with Crippen LogP contribution in [0.3, 0.4) is 0 Å². The van der Waals surface area contributed by atoms with Crippen molar-refractivity contribution in [2.24, 2.45) is 0 Å². The van der Waals surface area contributed by atoms with Crippen molar-refractivity contribution in [2.75, 3.05) is 5.32 Å². The number of aryl methyl sites for hydroxylation is 1. The van der Waals surface area contributed by atoms with Crippen LogP contribution in [0.5, 0.6) is 5.75 Å². The Kier molecular flexibility index (Phi) is 5.74. The zero-order valence-corrected chi connectivity index (χ0v) is 17.8. The van der Waals surface area contributed by atoms with Gasteiger partial charge in [-0.2, -0.15) is 0 Å². The number of aromatic hydroxyl groups is 1. The van der Waals surface area contributed by atoms with Crippen LogP contribution in [-0.4, -0.2) is 21.1 Å². The molecule has 0 atom stereocenters. The Morgan fingerprint density at radius 2 is 1.83 bits per heavy atom. The fourth-order valence-electron chi connectivity index (χ4n) is 3.12. The second-order valence-corrected chi connectivity index (χ2v) is 8.28. The van der Waals surface area contributed by atoms with Crippen molar-refractivity contribution in [3.8, 4) is 16.3 Å². The summed E-state index contributed by atoms with van der Waals surface area (Å²) in [5.41, 5.74) is 3.78. The van der Waals surface area contributed by atoms with Crippen LogP contribution in [-0.2, 0) is 11.2 Å². The van der Waals surface area contributed by atoms with Crippen LogP contribution in [0.25, 0.3) is 20.8 Å². The second kappa shape index (κ2) is 8.61. The Hall–Kier alpha value is -3.29. The van der Waals surface area contributed by atoms with Gasteiger partial charge in [0.2, 0.25) is 5.91 Å². The average molecular weight is 434 g/mol. The summed E-state index contributed by atoms with van der Waals surface area (Å²) in [7, 11) is 0. The lowest BCUT2D eigenvalue weighted by Gasteiger charge is -2.13. The van der Waals surface area contributed by atoms with Crippen LogP contribution in [0.15, 0.2) is 66.7 Å². The van der Waals surface area contributed by atoms with Gasteiger partial charge in [-0.05, 0) is 54.5 Å². The monoisotopic (exact) mass is 433 g/mol. The van der Waals surface area contributed by atoms with Gasteiger partial charge >= 0.3 is 0 Å². The van der Waals surface area contributed by atoms with Crippen molar-refractivity contribution in [3.63, 3.8) is 0 Å². The van der Waals surface area contributed by atoms with Gasteiger partial charge in [-0.25, -0.2) is 4.98 Å². The summed E-state index contributed by atoms with van der Waals surface area (Å²) in [6.07, 6.45) is 0.244. The number of nitrogens with zero attached hydrogens (tertiary/aromatic N) is 1. The number of carbonyl (C=O) groups is 1. The summed E-state index contributed by atoms with van der Waals surface area (Å²) >= 11 is 6.81. The van der Waals surface area contributed by atoms with E-state index in [9.17, 15) is 9.90 Å². The minimum absolute atomic E-state index is 0.179. The molecule has 0 aliphatic heterocycles. The lowest BCUT2D eigenvalue weighted by atomic mass is 10.1. The van der Waals surface area contributed by atoms with E-state index in [-0.39, 0.29) is 23.2 Å². The summed E-state index contributed by atoms with van der Waals surface area (Å²) in [5, 5.41) is 17.2. The van der Waals surface area contributed by atoms with Crippen LogP contribution >= 0.6 is 23.6 Å². The maximum Gasteiger partial charge on any atom is 0.230 e. The highest BCUT2D eigenvalue weighted by molar-refractivity contribution is 7.80. The topological polar surface area (TPSA) is 74.2 Å². The highest BCUT2D eigenvalue weighted by atomic mass is 32.1. The SMILES string of the molecule is Cc1cc(NC(=S)NC(=O)Cc2ccccc2)cc(-c2nc3ccccc3s2)c1O. The first-order valence-electron chi connectivity index (χ1n) is 9.34. The number of anilines is 1. The molecule has 0 aliphatic carbocycles. The van der Waals surface area contributed by atoms with Crippen molar-refractivity contribution in [3.05, 3.63) is 77.9 Å². The molecule has 3 aromatic carbocycles. The van der Waals surface area contributed by atoms with Crippen LogP contribution in [0.2, 0.25) is 0 Å². The van der Waals surface area contributed by atoms with Gasteiger partial charge in [0.1, 0.15) is 10.8 Å². The van der Waals surface area contributed by atoms with E-state index in [0.717, 1.165) is 20.8 Å². The maximum absolute atomic E-state index is 12.2. The third-order valence-corrected chi connectivity index (χ3v) is 5.82. The molecule has 5 nitrogen and oxygen atoms in total. The summed E-state index contributed by atoms with van der Waals surface area (Å²) in [4.78, 5) is 16.9. The molecule has 1 amide bonds. The molecular formula is C23H19N3O2S2. The quantitative estimate of drug-likeness (QED) is 0.311. The second-order valence-electron chi connectivity index (χ2n) is 6.84. The van der Waals surface area contributed by atoms with Gasteiger partial charge in [0.15, 0.2) is 5.11 Å². The number of phenolic OH excluding ortho intramolecular Hbond substituents is 1. The Labute approximate surface area is 183 Å². The number of aromatic nitrogens is 1. The zero-order chi connectivity index (χ0) is 21.1. The fourth-order valence-corrected chi connectivity index (χ4v) is 4.33. The van der Waals surface area contributed by atoms with Crippen LogP contribution in [0.4, 0.5) is 5.69 Å². The lowest BCUT2D eigenvalue weighted by molar-refractivity contribution is -0.119. The molecule has 3 N–H and O–H groups in total. The molecule has 0 saturated carbocycles. The van der Waals surface area contributed by atoms with E-state index in [1.807, 2.05) is 61.5 Å². The first-order chi connectivity index (χ1) is 14.5. The number of hydrogen-bond donors (Lipinski definition) is 3. The number of benzene rings is 3. The fraction of sp³-hybridized carbons (Fsp3) is 0.0870. The number of thiazole rings is 1. The van der Waals surface area contributed by atoms with Gasteiger partial charge in [0.05, 0.1) is 22.2 Å². The number of phenols is 1. The molecule has 1 heterocycles. The van der Waals surface area contributed by atoms with E-state index >= 15 is 0 Å². The van der Waals surface area contributed by atoms with Gasteiger partial charge in [0, 0.05) is 5.69 Å². The average Bonchev–Trinajstić information content (AvgIpc) is 3.15. The van der Waals surface area contributed by atoms with E-state index in [4.69, 9.17) is 12.2 Å². The number of rotatable bonds is 4. The van der Waals surface area contributed by atoms with Gasteiger partial charge in [-0.3, -0.25) is 4.79 Å². The van der Waals surface area contributed by atoms with E-state index in [0.29, 0.717) is 16.8 Å².